The Bertz CT molecular complexity index is 709. The first-order valence-corrected chi connectivity index (χ1v) is 9.38. The molecule has 3 heteroatoms. The van der Waals surface area contributed by atoms with Gasteiger partial charge in [0, 0.05) is 24.8 Å². The van der Waals surface area contributed by atoms with Gasteiger partial charge in [-0.1, -0.05) is 55.2 Å². The SMILES string of the molecule is C#C/C=C(\C=C/C)C1C=C(CCCCCCNF)c2ccccc2N1C. The highest BCUT2D eigenvalue weighted by molar-refractivity contribution is 5.82. The van der Waals surface area contributed by atoms with Crippen molar-refractivity contribution in [3.8, 4) is 12.3 Å². The van der Waals surface area contributed by atoms with E-state index in [1.807, 2.05) is 19.1 Å². The van der Waals surface area contributed by atoms with Crippen LogP contribution in [0.5, 0.6) is 0 Å². The lowest BCUT2D eigenvalue weighted by Gasteiger charge is -2.35. The zero-order valence-electron chi connectivity index (χ0n) is 15.8. The van der Waals surface area contributed by atoms with Gasteiger partial charge in [0.2, 0.25) is 0 Å². The van der Waals surface area contributed by atoms with E-state index in [4.69, 9.17) is 6.42 Å². The van der Waals surface area contributed by atoms with E-state index >= 15 is 0 Å². The molecule has 2 nitrogen and oxygen atoms in total. The summed E-state index contributed by atoms with van der Waals surface area (Å²) in [7, 11) is 2.12. The van der Waals surface area contributed by atoms with Crippen LogP contribution in [-0.4, -0.2) is 19.6 Å². The highest BCUT2D eigenvalue weighted by Crippen LogP contribution is 2.37. The number of unbranched alkanes of at least 4 members (excludes halogenated alkanes) is 3. The molecule has 2 rings (SSSR count). The van der Waals surface area contributed by atoms with Crippen LogP contribution in [0.4, 0.5) is 10.2 Å². The molecule has 0 bridgehead atoms. The first-order valence-electron chi connectivity index (χ1n) is 9.38. The monoisotopic (exact) mass is 352 g/mol. The summed E-state index contributed by atoms with van der Waals surface area (Å²) in [5, 5.41) is 0. The van der Waals surface area contributed by atoms with Crippen LogP contribution in [0.3, 0.4) is 0 Å². The van der Waals surface area contributed by atoms with Crippen LogP contribution in [0, 0.1) is 12.3 Å². The van der Waals surface area contributed by atoms with Crippen molar-refractivity contribution in [1.82, 2.24) is 5.54 Å². The second-order valence-corrected chi connectivity index (χ2v) is 6.62. The Labute approximate surface area is 157 Å². The molecule has 1 aromatic rings. The summed E-state index contributed by atoms with van der Waals surface area (Å²) in [5.41, 5.74) is 6.76. The molecule has 0 amide bonds. The standard InChI is InChI=1S/C23H29FN2/c1-4-12-19(13-5-2)23-18-20(14-8-6-7-11-17-25-24)21-15-9-10-16-22(21)26(23)3/h1,5,9-10,12-13,15-16,18,23,25H,6-8,11,14,17H2,2-3H3/b13-5-,19-12+. The van der Waals surface area contributed by atoms with Crippen LogP contribution in [0.1, 0.15) is 44.6 Å². The number of terminal acetylenes is 1. The van der Waals surface area contributed by atoms with Gasteiger partial charge in [0.1, 0.15) is 0 Å². The maximum absolute atomic E-state index is 12.0. The van der Waals surface area contributed by atoms with Gasteiger partial charge in [-0.3, -0.25) is 0 Å². The third-order valence-corrected chi connectivity index (χ3v) is 4.82. The largest absolute Gasteiger partial charge is 0.364 e. The smallest absolute Gasteiger partial charge is 0.0735 e. The molecule has 1 aliphatic heterocycles. The molecule has 1 heterocycles. The Morgan fingerprint density at radius 2 is 2.04 bits per heavy atom. The average molecular weight is 352 g/mol. The first kappa shape index (κ1) is 20.0. The van der Waals surface area contributed by atoms with Crippen molar-refractivity contribution in [2.45, 2.75) is 45.1 Å². The minimum atomic E-state index is 0.142. The maximum atomic E-state index is 12.0. The Balaban J connectivity index is 2.21. The maximum Gasteiger partial charge on any atom is 0.0735 e. The molecule has 0 aromatic heterocycles. The normalized spacial score (nSPS) is 17.2. The molecule has 0 radical (unpaired) electrons. The van der Waals surface area contributed by atoms with Gasteiger partial charge >= 0.3 is 0 Å². The van der Waals surface area contributed by atoms with Crippen molar-refractivity contribution in [3.05, 3.63) is 59.7 Å². The Morgan fingerprint density at radius 3 is 2.77 bits per heavy atom. The third kappa shape index (κ3) is 5.09. The fourth-order valence-electron chi connectivity index (χ4n) is 3.51. The quantitative estimate of drug-likeness (QED) is 0.275. The average Bonchev–Trinajstić information content (AvgIpc) is 2.66. The first-order chi connectivity index (χ1) is 12.7. The Kier molecular flexibility index (Phi) is 8.18. The van der Waals surface area contributed by atoms with Crippen molar-refractivity contribution in [2.75, 3.05) is 18.5 Å². The van der Waals surface area contributed by atoms with E-state index in [0.717, 1.165) is 37.7 Å². The van der Waals surface area contributed by atoms with E-state index in [1.54, 1.807) is 5.54 Å². The second-order valence-electron chi connectivity index (χ2n) is 6.62. The summed E-state index contributed by atoms with van der Waals surface area (Å²) in [6, 6.07) is 8.69. The van der Waals surface area contributed by atoms with Gasteiger partial charge in [-0.15, -0.1) is 10.9 Å². The second kappa shape index (κ2) is 10.6. The van der Waals surface area contributed by atoms with Crippen LogP contribution < -0.4 is 10.4 Å². The molecular weight excluding hydrogens is 323 g/mol. The minimum Gasteiger partial charge on any atom is -0.364 e. The summed E-state index contributed by atoms with van der Waals surface area (Å²) in [5.74, 6) is 2.68. The molecule has 1 aliphatic rings. The fraction of sp³-hybridized carbons (Fsp3) is 0.391. The predicted molar refractivity (Wildman–Crippen MR) is 111 cm³/mol. The fourth-order valence-corrected chi connectivity index (χ4v) is 3.51. The zero-order valence-corrected chi connectivity index (χ0v) is 15.8. The summed E-state index contributed by atoms with van der Waals surface area (Å²) in [6.07, 6.45) is 19.1. The van der Waals surface area contributed by atoms with E-state index in [9.17, 15) is 4.48 Å². The topological polar surface area (TPSA) is 15.3 Å². The zero-order chi connectivity index (χ0) is 18.8. The summed E-state index contributed by atoms with van der Waals surface area (Å²) >= 11 is 0. The number of likely N-dealkylation sites (N-methyl/N-ethyl adjacent to an activating group) is 1. The Hall–Kier alpha value is -2.31. The van der Waals surface area contributed by atoms with Crippen molar-refractivity contribution in [2.24, 2.45) is 0 Å². The number of nitrogens with zero attached hydrogens (tertiary/aromatic N) is 1. The number of benzene rings is 1. The van der Waals surface area contributed by atoms with E-state index in [1.165, 1.54) is 16.8 Å². The van der Waals surface area contributed by atoms with Crippen molar-refractivity contribution < 1.29 is 4.48 Å². The molecule has 1 unspecified atom stereocenters. The number of fused-ring (bicyclic) bond motifs is 1. The molecule has 138 valence electrons. The number of hydrogen-bond donors (Lipinski definition) is 1. The highest BCUT2D eigenvalue weighted by Gasteiger charge is 2.24. The number of para-hydroxylation sites is 1. The lowest BCUT2D eigenvalue weighted by Crippen LogP contribution is -2.34. The molecule has 0 aliphatic carbocycles. The van der Waals surface area contributed by atoms with Crippen molar-refractivity contribution in [3.63, 3.8) is 0 Å². The van der Waals surface area contributed by atoms with Crippen LogP contribution in [0.25, 0.3) is 5.57 Å². The van der Waals surface area contributed by atoms with Crippen molar-refractivity contribution >= 4 is 11.3 Å². The number of rotatable bonds is 9. The number of allylic oxidation sites excluding steroid dienone is 3. The molecule has 0 spiro atoms. The molecule has 0 saturated carbocycles. The number of nitrogens with one attached hydrogen (secondary N) is 1. The van der Waals surface area contributed by atoms with Crippen LogP contribution in [0.2, 0.25) is 0 Å². The molecule has 0 fully saturated rings. The molecular formula is C23H29FN2. The van der Waals surface area contributed by atoms with E-state index in [2.05, 4.69) is 54.3 Å². The number of hydrogen-bond acceptors (Lipinski definition) is 2. The predicted octanol–water partition coefficient (Wildman–Crippen LogP) is 5.45. The van der Waals surface area contributed by atoms with E-state index in [0.29, 0.717) is 6.54 Å². The Morgan fingerprint density at radius 1 is 1.27 bits per heavy atom. The highest BCUT2D eigenvalue weighted by atomic mass is 19.2. The van der Waals surface area contributed by atoms with E-state index in [-0.39, 0.29) is 6.04 Å². The van der Waals surface area contributed by atoms with Gasteiger partial charge < -0.3 is 4.90 Å². The third-order valence-electron chi connectivity index (χ3n) is 4.82. The van der Waals surface area contributed by atoms with Gasteiger partial charge in [-0.05, 0) is 49.5 Å². The van der Waals surface area contributed by atoms with E-state index < -0.39 is 0 Å². The molecule has 1 aromatic carbocycles. The van der Waals surface area contributed by atoms with Crippen LogP contribution >= 0.6 is 0 Å². The van der Waals surface area contributed by atoms with Crippen LogP contribution in [-0.2, 0) is 0 Å². The molecule has 1 N–H and O–H groups in total. The van der Waals surface area contributed by atoms with Gasteiger partial charge in [-0.25, -0.2) is 0 Å². The summed E-state index contributed by atoms with van der Waals surface area (Å²) in [4.78, 5) is 2.29. The summed E-state index contributed by atoms with van der Waals surface area (Å²) in [6.45, 7) is 2.46. The van der Waals surface area contributed by atoms with Gasteiger partial charge in [0.05, 0.1) is 6.04 Å². The molecule has 1 atom stereocenters. The lowest BCUT2D eigenvalue weighted by molar-refractivity contribution is 0.328. The lowest BCUT2D eigenvalue weighted by atomic mass is 9.89. The van der Waals surface area contributed by atoms with Crippen molar-refractivity contribution in [1.29, 1.82) is 0 Å². The number of anilines is 1. The number of halogens is 1. The minimum absolute atomic E-state index is 0.142. The molecule has 26 heavy (non-hydrogen) atoms. The molecule has 0 saturated heterocycles. The van der Waals surface area contributed by atoms with Gasteiger partial charge in [0.25, 0.3) is 0 Å². The summed E-state index contributed by atoms with van der Waals surface area (Å²) < 4.78 is 12.0. The van der Waals surface area contributed by atoms with Gasteiger partial charge in [0.15, 0.2) is 0 Å². The van der Waals surface area contributed by atoms with Crippen LogP contribution in [0.15, 0.2) is 54.1 Å². The van der Waals surface area contributed by atoms with Gasteiger partial charge in [-0.2, -0.15) is 5.54 Å².